The molecule has 1 aromatic rings. The predicted octanol–water partition coefficient (Wildman–Crippen LogP) is 2.67. The van der Waals surface area contributed by atoms with Gasteiger partial charge in [-0.1, -0.05) is 18.5 Å². The Labute approximate surface area is 125 Å². The zero-order valence-corrected chi connectivity index (χ0v) is 13.0. The van der Waals surface area contributed by atoms with Crippen molar-refractivity contribution >= 4 is 17.5 Å². The fourth-order valence-electron chi connectivity index (χ4n) is 2.80. The van der Waals surface area contributed by atoms with Gasteiger partial charge in [0.2, 0.25) is 0 Å². The molecule has 0 aliphatic carbocycles. The summed E-state index contributed by atoms with van der Waals surface area (Å²) in [5.41, 5.74) is 0.660. The van der Waals surface area contributed by atoms with Gasteiger partial charge in [-0.15, -0.1) is 0 Å². The Kier molecular flexibility index (Phi) is 5.49. The lowest BCUT2D eigenvalue weighted by Gasteiger charge is -2.29. The van der Waals surface area contributed by atoms with E-state index in [9.17, 15) is 4.79 Å². The van der Waals surface area contributed by atoms with Gasteiger partial charge in [-0.25, -0.2) is 0 Å². The molecule has 1 amide bonds. The third-order valence-electron chi connectivity index (χ3n) is 3.96. The average Bonchev–Trinajstić information content (AvgIpc) is 2.81. The zero-order valence-electron chi connectivity index (χ0n) is 12.3. The summed E-state index contributed by atoms with van der Waals surface area (Å²) in [7, 11) is 0. The molecule has 0 aromatic carbocycles. The number of piperidine rings is 1. The van der Waals surface area contributed by atoms with Crippen LogP contribution in [0.15, 0.2) is 12.3 Å². The van der Waals surface area contributed by atoms with E-state index in [-0.39, 0.29) is 11.9 Å². The number of nitrogens with zero attached hydrogens (tertiary/aromatic N) is 1. The number of aromatic nitrogens is 1. The minimum Gasteiger partial charge on any atom is -0.348 e. The van der Waals surface area contributed by atoms with Crippen molar-refractivity contribution in [2.45, 2.75) is 45.7 Å². The van der Waals surface area contributed by atoms with E-state index in [2.05, 4.69) is 24.5 Å². The molecule has 112 valence electrons. The van der Waals surface area contributed by atoms with Crippen LogP contribution >= 0.6 is 11.6 Å². The summed E-state index contributed by atoms with van der Waals surface area (Å²) >= 11 is 6.02. The highest BCUT2D eigenvalue weighted by Crippen LogP contribution is 2.17. The molecule has 0 bridgehead atoms. The van der Waals surface area contributed by atoms with E-state index in [1.54, 1.807) is 6.07 Å². The molecule has 4 nitrogen and oxygen atoms in total. The van der Waals surface area contributed by atoms with E-state index in [1.807, 2.05) is 10.8 Å². The summed E-state index contributed by atoms with van der Waals surface area (Å²) in [4.78, 5) is 12.4. The van der Waals surface area contributed by atoms with Crippen molar-refractivity contribution in [3.8, 4) is 0 Å². The van der Waals surface area contributed by atoms with Crippen LogP contribution in [-0.4, -0.2) is 29.6 Å². The molecule has 1 aromatic heterocycles. The highest BCUT2D eigenvalue weighted by Gasteiger charge is 2.23. The number of rotatable bonds is 5. The van der Waals surface area contributed by atoms with Crippen molar-refractivity contribution < 1.29 is 4.79 Å². The maximum atomic E-state index is 12.4. The molecule has 1 fully saturated rings. The Balaban J connectivity index is 2.00. The van der Waals surface area contributed by atoms with Gasteiger partial charge in [0.15, 0.2) is 0 Å². The first-order chi connectivity index (χ1) is 9.61. The van der Waals surface area contributed by atoms with Gasteiger partial charge in [-0.2, -0.15) is 0 Å². The number of carbonyl (C=O) groups excluding carboxylic acids is 1. The molecule has 0 radical (unpaired) electrons. The van der Waals surface area contributed by atoms with Crippen LogP contribution in [0.4, 0.5) is 0 Å². The van der Waals surface area contributed by atoms with Crippen LogP contribution in [0, 0.1) is 5.92 Å². The first-order valence-electron chi connectivity index (χ1n) is 7.49. The molecule has 2 atom stereocenters. The molecular formula is C15H24ClN3O. The van der Waals surface area contributed by atoms with E-state index in [0.717, 1.165) is 26.1 Å². The Morgan fingerprint density at radius 2 is 2.45 bits per heavy atom. The average molecular weight is 298 g/mol. The maximum Gasteiger partial charge on any atom is 0.268 e. The molecule has 1 aliphatic rings. The van der Waals surface area contributed by atoms with Crippen LogP contribution in [-0.2, 0) is 6.54 Å². The van der Waals surface area contributed by atoms with Crippen LogP contribution in [0.2, 0.25) is 5.02 Å². The summed E-state index contributed by atoms with van der Waals surface area (Å²) in [5, 5.41) is 7.13. The van der Waals surface area contributed by atoms with Gasteiger partial charge in [-0.3, -0.25) is 4.79 Å². The number of carbonyl (C=O) groups is 1. The summed E-state index contributed by atoms with van der Waals surface area (Å²) in [6.07, 6.45) is 5.16. The quantitative estimate of drug-likeness (QED) is 0.878. The number of hydrogen-bond donors (Lipinski definition) is 2. The third kappa shape index (κ3) is 3.76. The van der Waals surface area contributed by atoms with E-state index < -0.39 is 0 Å². The van der Waals surface area contributed by atoms with Gasteiger partial charge in [0.05, 0.1) is 5.02 Å². The van der Waals surface area contributed by atoms with Crippen LogP contribution in [0.3, 0.4) is 0 Å². The normalized spacial score (nSPS) is 20.6. The number of amides is 1. The SMILES string of the molecule is CCCn1cc(Cl)cc1C(=O)NC(C)C1CCCNC1. The topological polar surface area (TPSA) is 46.1 Å². The van der Waals surface area contributed by atoms with Crippen molar-refractivity contribution in [1.82, 2.24) is 15.2 Å². The van der Waals surface area contributed by atoms with Crippen molar-refractivity contribution in [2.24, 2.45) is 5.92 Å². The number of halogens is 1. The van der Waals surface area contributed by atoms with E-state index in [1.165, 1.54) is 12.8 Å². The first kappa shape index (κ1) is 15.4. The molecule has 2 N–H and O–H groups in total. The molecule has 5 heteroatoms. The highest BCUT2D eigenvalue weighted by atomic mass is 35.5. The van der Waals surface area contributed by atoms with Crippen LogP contribution in [0.25, 0.3) is 0 Å². The molecule has 2 rings (SSSR count). The molecule has 20 heavy (non-hydrogen) atoms. The Morgan fingerprint density at radius 1 is 1.65 bits per heavy atom. The molecule has 1 aliphatic heterocycles. The third-order valence-corrected chi connectivity index (χ3v) is 4.17. The molecular weight excluding hydrogens is 274 g/mol. The van der Waals surface area contributed by atoms with E-state index in [4.69, 9.17) is 11.6 Å². The fourth-order valence-corrected chi connectivity index (χ4v) is 3.02. The maximum absolute atomic E-state index is 12.4. The molecule has 0 spiro atoms. The van der Waals surface area contributed by atoms with Crippen LogP contribution in [0.5, 0.6) is 0 Å². The second-order valence-corrected chi connectivity index (χ2v) is 6.04. The lowest BCUT2D eigenvalue weighted by Crippen LogP contribution is -2.44. The Hall–Kier alpha value is -1.00. The van der Waals surface area contributed by atoms with Gasteiger partial charge in [0, 0.05) is 18.8 Å². The van der Waals surface area contributed by atoms with Gasteiger partial charge in [0.25, 0.3) is 5.91 Å². The monoisotopic (exact) mass is 297 g/mol. The molecule has 2 unspecified atom stereocenters. The molecule has 1 saturated heterocycles. The molecule has 2 heterocycles. The minimum absolute atomic E-state index is 0.0246. The molecule has 0 saturated carbocycles. The van der Waals surface area contributed by atoms with Crippen molar-refractivity contribution in [2.75, 3.05) is 13.1 Å². The number of aryl methyl sites for hydroxylation is 1. The number of hydrogen-bond acceptors (Lipinski definition) is 2. The standard InChI is InChI=1S/C15H24ClN3O/c1-3-7-19-10-13(16)8-14(19)15(20)18-11(2)12-5-4-6-17-9-12/h8,10-12,17H,3-7,9H2,1-2H3,(H,18,20). The lowest BCUT2D eigenvalue weighted by atomic mass is 9.93. The Morgan fingerprint density at radius 3 is 3.10 bits per heavy atom. The summed E-state index contributed by atoms with van der Waals surface area (Å²) < 4.78 is 1.93. The highest BCUT2D eigenvalue weighted by molar-refractivity contribution is 6.31. The summed E-state index contributed by atoms with van der Waals surface area (Å²) in [6, 6.07) is 1.93. The minimum atomic E-state index is -0.0246. The van der Waals surface area contributed by atoms with E-state index >= 15 is 0 Å². The largest absolute Gasteiger partial charge is 0.348 e. The summed E-state index contributed by atoms with van der Waals surface area (Å²) in [5.74, 6) is 0.487. The van der Waals surface area contributed by atoms with Crippen LogP contribution in [0.1, 0.15) is 43.6 Å². The van der Waals surface area contributed by atoms with Gasteiger partial charge < -0.3 is 15.2 Å². The second-order valence-electron chi connectivity index (χ2n) is 5.61. The number of nitrogens with one attached hydrogen (secondary N) is 2. The van der Waals surface area contributed by atoms with Gasteiger partial charge in [0.1, 0.15) is 5.69 Å². The van der Waals surface area contributed by atoms with Crippen molar-refractivity contribution in [3.05, 3.63) is 23.0 Å². The Bertz CT molecular complexity index is 452. The van der Waals surface area contributed by atoms with E-state index in [0.29, 0.717) is 16.6 Å². The van der Waals surface area contributed by atoms with Crippen LogP contribution < -0.4 is 10.6 Å². The van der Waals surface area contributed by atoms with Gasteiger partial charge >= 0.3 is 0 Å². The predicted molar refractivity (Wildman–Crippen MR) is 82.3 cm³/mol. The first-order valence-corrected chi connectivity index (χ1v) is 7.87. The van der Waals surface area contributed by atoms with Crippen molar-refractivity contribution in [1.29, 1.82) is 0 Å². The van der Waals surface area contributed by atoms with Crippen molar-refractivity contribution in [3.63, 3.8) is 0 Å². The second kappa shape index (κ2) is 7.14. The van der Waals surface area contributed by atoms with Gasteiger partial charge in [-0.05, 0) is 51.3 Å². The smallest absolute Gasteiger partial charge is 0.268 e. The fraction of sp³-hybridized carbons (Fsp3) is 0.667. The zero-order chi connectivity index (χ0) is 14.5. The lowest BCUT2D eigenvalue weighted by molar-refractivity contribution is 0.0912. The summed E-state index contributed by atoms with van der Waals surface area (Å²) in [6.45, 7) is 7.06.